The van der Waals surface area contributed by atoms with Crippen LogP contribution in [0.3, 0.4) is 0 Å². The van der Waals surface area contributed by atoms with Crippen molar-refractivity contribution in [2.75, 3.05) is 27.9 Å². The summed E-state index contributed by atoms with van der Waals surface area (Å²) in [5, 5.41) is 21.6. The average Bonchev–Trinajstić information content (AvgIpc) is 3.22. The van der Waals surface area contributed by atoms with Gasteiger partial charge in [-0.1, -0.05) is 24.3 Å². The highest BCUT2D eigenvalue weighted by Crippen LogP contribution is 2.57. The summed E-state index contributed by atoms with van der Waals surface area (Å²) in [6.07, 6.45) is -1.45. The molecular weight excluding hydrogens is 416 g/mol. The Labute approximate surface area is 183 Å². The lowest BCUT2D eigenvalue weighted by Crippen LogP contribution is -2.36. The molecule has 0 radical (unpaired) electrons. The molecular formula is C24H22O8. The maximum atomic E-state index is 10.1. The number of para-hydroxylation sites is 1. The Balaban J connectivity index is 1.76. The Morgan fingerprint density at radius 2 is 1.69 bits per heavy atom. The van der Waals surface area contributed by atoms with Crippen molar-refractivity contribution in [3.8, 4) is 34.5 Å². The molecule has 0 saturated carbocycles. The number of phenolic OH excluding ortho intramolecular Hbond substituents is 1. The van der Waals surface area contributed by atoms with Gasteiger partial charge in [0.25, 0.3) is 0 Å². The van der Waals surface area contributed by atoms with Crippen molar-refractivity contribution in [3.05, 3.63) is 48.0 Å². The molecule has 5 rings (SSSR count). The van der Waals surface area contributed by atoms with Gasteiger partial charge in [-0.25, -0.2) is 0 Å². The first-order valence-electron chi connectivity index (χ1n) is 10.0. The normalized spacial score (nSPS) is 17.5. The highest BCUT2D eigenvalue weighted by molar-refractivity contribution is 6.12. The molecule has 0 fully saturated rings. The van der Waals surface area contributed by atoms with Crippen molar-refractivity contribution in [1.29, 1.82) is 0 Å². The first-order valence-corrected chi connectivity index (χ1v) is 10.0. The third kappa shape index (κ3) is 2.87. The number of ether oxygens (including phenoxy) is 5. The van der Waals surface area contributed by atoms with Gasteiger partial charge in [-0.15, -0.1) is 0 Å². The largest absolute Gasteiger partial charge is 0.504 e. The topological polar surface area (TPSA) is 99.8 Å². The molecule has 8 heteroatoms. The monoisotopic (exact) mass is 438 g/mol. The smallest absolute Gasteiger partial charge is 0.212 e. The van der Waals surface area contributed by atoms with Crippen LogP contribution >= 0.6 is 0 Å². The van der Waals surface area contributed by atoms with Crippen LogP contribution in [0.4, 0.5) is 0 Å². The summed E-state index contributed by atoms with van der Waals surface area (Å²) in [5.41, 5.74) is 1.77. The number of aromatic hydroxyl groups is 1. The molecule has 4 aromatic rings. The Morgan fingerprint density at radius 3 is 2.41 bits per heavy atom. The SMILES string of the molecule is COc1cc([C@H]2Oc3c(c(OC)c(OC)c4c3oc3ccccc34)O[C@@H]2CO)ccc1O. The fraction of sp³-hybridized carbons (Fsp3) is 0.250. The molecule has 1 aliphatic rings. The summed E-state index contributed by atoms with van der Waals surface area (Å²) in [6, 6.07) is 12.4. The van der Waals surface area contributed by atoms with Gasteiger partial charge in [0.1, 0.15) is 5.58 Å². The van der Waals surface area contributed by atoms with Crippen molar-refractivity contribution in [3.63, 3.8) is 0 Å². The maximum absolute atomic E-state index is 10.1. The number of aliphatic hydroxyl groups is 1. The first kappa shape index (κ1) is 20.1. The summed E-state index contributed by atoms with van der Waals surface area (Å²) >= 11 is 0. The summed E-state index contributed by atoms with van der Waals surface area (Å²) < 4.78 is 35.3. The second-order valence-corrected chi connectivity index (χ2v) is 7.34. The molecule has 1 aliphatic heterocycles. The van der Waals surface area contributed by atoms with Gasteiger partial charge in [0.2, 0.25) is 17.2 Å². The highest BCUT2D eigenvalue weighted by atomic mass is 16.6. The van der Waals surface area contributed by atoms with Gasteiger partial charge in [0, 0.05) is 10.9 Å². The van der Waals surface area contributed by atoms with Crippen molar-refractivity contribution in [2.45, 2.75) is 12.2 Å². The van der Waals surface area contributed by atoms with Gasteiger partial charge in [-0.2, -0.15) is 0 Å². The molecule has 32 heavy (non-hydrogen) atoms. The van der Waals surface area contributed by atoms with Crippen LogP contribution in [0, 0.1) is 0 Å². The second-order valence-electron chi connectivity index (χ2n) is 7.34. The van der Waals surface area contributed by atoms with Crippen LogP contribution in [0.2, 0.25) is 0 Å². The summed E-state index contributed by atoms with van der Waals surface area (Å²) in [7, 11) is 4.52. The zero-order valence-electron chi connectivity index (χ0n) is 17.7. The van der Waals surface area contributed by atoms with Crippen molar-refractivity contribution in [1.82, 2.24) is 0 Å². The quantitative estimate of drug-likeness (QED) is 0.479. The van der Waals surface area contributed by atoms with Crippen molar-refractivity contribution in [2.24, 2.45) is 0 Å². The lowest BCUT2D eigenvalue weighted by atomic mass is 10.0. The van der Waals surface area contributed by atoms with Gasteiger partial charge in [0.15, 0.2) is 35.0 Å². The molecule has 0 aliphatic carbocycles. The summed E-state index contributed by atoms with van der Waals surface area (Å²) in [4.78, 5) is 0. The third-order valence-electron chi connectivity index (χ3n) is 5.62. The number of furan rings is 1. The van der Waals surface area contributed by atoms with Crippen molar-refractivity contribution < 1.29 is 38.3 Å². The van der Waals surface area contributed by atoms with Gasteiger partial charge >= 0.3 is 0 Å². The Bertz CT molecular complexity index is 1310. The van der Waals surface area contributed by atoms with E-state index >= 15 is 0 Å². The van der Waals surface area contributed by atoms with Crippen LogP contribution in [0.5, 0.6) is 34.5 Å². The molecule has 8 nitrogen and oxygen atoms in total. The van der Waals surface area contributed by atoms with E-state index < -0.39 is 12.2 Å². The molecule has 0 bridgehead atoms. The molecule has 3 aromatic carbocycles. The average molecular weight is 438 g/mol. The number of aliphatic hydroxyl groups excluding tert-OH is 1. The van der Waals surface area contributed by atoms with E-state index in [4.69, 9.17) is 28.1 Å². The minimum Gasteiger partial charge on any atom is -0.504 e. The lowest BCUT2D eigenvalue weighted by molar-refractivity contribution is -0.0138. The van der Waals surface area contributed by atoms with Crippen LogP contribution in [0.15, 0.2) is 46.9 Å². The van der Waals surface area contributed by atoms with Crippen LogP contribution < -0.4 is 23.7 Å². The lowest BCUT2D eigenvalue weighted by Gasteiger charge is -2.34. The van der Waals surface area contributed by atoms with E-state index in [2.05, 4.69) is 0 Å². The minimum absolute atomic E-state index is 0.00000612. The van der Waals surface area contributed by atoms with Crippen LogP contribution in [-0.4, -0.2) is 44.3 Å². The first-order chi connectivity index (χ1) is 15.6. The van der Waals surface area contributed by atoms with E-state index in [0.717, 1.165) is 5.39 Å². The molecule has 2 heterocycles. The highest BCUT2D eigenvalue weighted by Gasteiger charge is 2.39. The minimum atomic E-state index is -0.753. The molecule has 0 unspecified atom stereocenters. The molecule has 2 N–H and O–H groups in total. The molecule has 2 atom stereocenters. The molecule has 0 saturated heterocycles. The van der Waals surface area contributed by atoms with E-state index in [9.17, 15) is 10.2 Å². The fourth-order valence-electron chi connectivity index (χ4n) is 4.15. The zero-order chi connectivity index (χ0) is 22.4. The van der Waals surface area contributed by atoms with E-state index in [1.807, 2.05) is 24.3 Å². The van der Waals surface area contributed by atoms with Crippen LogP contribution in [0.1, 0.15) is 11.7 Å². The number of phenols is 1. The van der Waals surface area contributed by atoms with Gasteiger partial charge < -0.3 is 38.3 Å². The number of hydrogen-bond acceptors (Lipinski definition) is 8. The van der Waals surface area contributed by atoms with Gasteiger partial charge in [-0.05, 0) is 18.2 Å². The number of hydrogen-bond donors (Lipinski definition) is 2. The Kier molecular flexibility index (Phi) is 4.86. The maximum Gasteiger partial charge on any atom is 0.212 e. The van der Waals surface area contributed by atoms with E-state index in [1.165, 1.54) is 20.3 Å². The number of rotatable bonds is 5. The van der Waals surface area contributed by atoms with E-state index in [0.29, 0.717) is 39.4 Å². The van der Waals surface area contributed by atoms with Crippen LogP contribution in [-0.2, 0) is 0 Å². The molecule has 166 valence electrons. The van der Waals surface area contributed by atoms with Crippen LogP contribution in [0.25, 0.3) is 21.9 Å². The van der Waals surface area contributed by atoms with Gasteiger partial charge in [0.05, 0.1) is 33.3 Å². The molecule has 0 spiro atoms. The molecule has 1 aromatic heterocycles. The number of methoxy groups -OCH3 is 3. The Morgan fingerprint density at radius 1 is 0.906 bits per heavy atom. The third-order valence-corrected chi connectivity index (χ3v) is 5.62. The number of fused-ring (bicyclic) bond motifs is 5. The molecule has 0 amide bonds. The Hall–Kier alpha value is -3.78. The zero-order valence-corrected chi connectivity index (χ0v) is 17.7. The fourth-order valence-corrected chi connectivity index (χ4v) is 4.15. The van der Waals surface area contributed by atoms with E-state index in [1.54, 1.807) is 19.2 Å². The second kappa shape index (κ2) is 7.72. The summed E-state index contributed by atoms with van der Waals surface area (Å²) in [6.45, 7) is -0.322. The predicted molar refractivity (Wildman–Crippen MR) is 116 cm³/mol. The summed E-state index contributed by atoms with van der Waals surface area (Å²) in [5.74, 6) is 1.72. The number of benzene rings is 3. The standard InChI is InChI=1S/C24H22O8/c1-27-16-10-12(8-9-14(16)26)19-17(11-25)31-24-22(29-3)20(28-2)18-13-6-4-5-7-15(13)30-21(18)23(24)32-19/h4-10,17,19,25-26H,11H2,1-3H3/t17-,19-/m1/s1. The van der Waals surface area contributed by atoms with Gasteiger partial charge in [-0.3, -0.25) is 0 Å². The van der Waals surface area contributed by atoms with Crippen molar-refractivity contribution >= 4 is 21.9 Å². The van der Waals surface area contributed by atoms with E-state index in [-0.39, 0.29) is 23.9 Å². The predicted octanol–water partition coefficient (Wildman–Crippen LogP) is 4.19.